The van der Waals surface area contributed by atoms with E-state index < -0.39 is 6.10 Å². The molecule has 6 nitrogen and oxygen atoms in total. The fourth-order valence-electron chi connectivity index (χ4n) is 1.45. The summed E-state index contributed by atoms with van der Waals surface area (Å²) in [6.45, 7) is 1.56. The van der Waals surface area contributed by atoms with Gasteiger partial charge in [0.25, 0.3) is 0 Å². The van der Waals surface area contributed by atoms with Crippen LogP contribution in [0.25, 0.3) is 11.5 Å². The second-order valence-corrected chi connectivity index (χ2v) is 3.72. The van der Waals surface area contributed by atoms with Gasteiger partial charge < -0.3 is 19.0 Å². The van der Waals surface area contributed by atoms with Crippen LogP contribution < -0.4 is 9.47 Å². The van der Waals surface area contributed by atoms with Gasteiger partial charge in [0.1, 0.15) is 17.6 Å². The van der Waals surface area contributed by atoms with Crippen LogP contribution in [0.15, 0.2) is 22.6 Å². The summed E-state index contributed by atoms with van der Waals surface area (Å²) in [7, 11) is 3.13. The molecule has 0 amide bonds. The summed E-state index contributed by atoms with van der Waals surface area (Å²) in [5.74, 6) is 1.73. The number of aliphatic hydroxyl groups is 1. The zero-order valence-electron chi connectivity index (χ0n) is 10.4. The number of benzene rings is 1. The SMILES string of the molecule is COc1cc(OC)cc(-c2nnc(C(C)O)o2)c1. The van der Waals surface area contributed by atoms with E-state index in [0.717, 1.165) is 0 Å². The molecular formula is C12H14N2O4. The number of hydrogen-bond donors (Lipinski definition) is 1. The summed E-state index contributed by atoms with van der Waals surface area (Å²) in [6.07, 6.45) is -0.793. The average Bonchev–Trinajstić information content (AvgIpc) is 2.87. The predicted molar refractivity (Wildman–Crippen MR) is 63.5 cm³/mol. The van der Waals surface area contributed by atoms with Gasteiger partial charge in [0.15, 0.2) is 0 Å². The van der Waals surface area contributed by atoms with Crippen LogP contribution in [0, 0.1) is 0 Å². The van der Waals surface area contributed by atoms with Crippen LogP contribution in [0.5, 0.6) is 11.5 Å². The molecule has 1 aromatic carbocycles. The Kier molecular flexibility index (Phi) is 3.47. The minimum atomic E-state index is -0.793. The molecule has 0 aliphatic rings. The van der Waals surface area contributed by atoms with Crippen LogP contribution >= 0.6 is 0 Å². The van der Waals surface area contributed by atoms with Crippen molar-refractivity contribution < 1.29 is 19.0 Å². The Balaban J connectivity index is 2.42. The highest BCUT2D eigenvalue weighted by Gasteiger charge is 2.14. The molecule has 1 aromatic heterocycles. The van der Waals surface area contributed by atoms with Gasteiger partial charge in [0.05, 0.1) is 14.2 Å². The number of rotatable bonds is 4. The van der Waals surface area contributed by atoms with Gasteiger partial charge >= 0.3 is 0 Å². The molecule has 0 fully saturated rings. The second-order valence-electron chi connectivity index (χ2n) is 3.72. The third-order valence-corrected chi connectivity index (χ3v) is 2.40. The Morgan fingerprint density at radius 2 is 1.72 bits per heavy atom. The maximum atomic E-state index is 9.34. The topological polar surface area (TPSA) is 77.6 Å². The Morgan fingerprint density at radius 3 is 2.17 bits per heavy atom. The Bertz CT molecular complexity index is 514. The predicted octanol–water partition coefficient (Wildman–Crippen LogP) is 1.81. The maximum absolute atomic E-state index is 9.34. The standard InChI is InChI=1S/C12H14N2O4/c1-7(15)11-13-14-12(18-11)8-4-9(16-2)6-10(5-8)17-3/h4-7,15H,1-3H3. The zero-order valence-corrected chi connectivity index (χ0v) is 10.4. The molecule has 6 heteroatoms. The lowest BCUT2D eigenvalue weighted by molar-refractivity contribution is 0.163. The van der Waals surface area contributed by atoms with Gasteiger partial charge in [0, 0.05) is 11.6 Å². The quantitative estimate of drug-likeness (QED) is 0.891. The maximum Gasteiger partial charge on any atom is 0.248 e. The number of methoxy groups -OCH3 is 2. The monoisotopic (exact) mass is 250 g/mol. The van der Waals surface area contributed by atoms with Crippen molar-refractivity contribution in [1.29, 1.82) is 0 Å². The smallest absolute Gasteiger partial charge is 0.248 e. The molecule has 0 radical (unpaired) electrons. The first-order valence-corrected chi connectivity index (χ1v) is 5.39. The van der Waals surface area contributed by atoms with Crippen molar-refractivity contribution in [3.8, 4) is 23.0 Å². The summed E-state index contributed by atoms with van der Waals surface area (Å²) in [5.41, 5.74) is 0.672. The molecular weight excluding hydrogens is 236 g/mol. The van der Waals surface area contributed by atoms with Crippen molar-refractivity contribution in [3.05, 3.63) is 24.1 Å². The van der Waals surface area contributed by atoms with Crippen molar-refractivity contribution in [2.75, 3.05) is 14.2 Å². The van der Waals surface area contributed by atoms with Gasteiger partial charge in [-0.05, 0) is 19.1 Å². The highest BCUT2D eigenvalue weighted by atomic mass is 16.5. The highest BCUT2D eigenvalue weighted by molar-refractivity contribution is 5.59. The summed E-state index contributed by atoms with van der Waals surface area (Å²) < 4.78 is 15.7. The molecule has 18 heavy (non-hydrogen) atoms. The summed E-state index contributed by atoms with van der Waals surface area (Å²) in [6, 6.07) is 5.25. The van der Waals surface area contributed by atoms with Gasteiger partial charge in [-0.15, -0.1) is 10.2 Å². The first kappa shape index (κ1) is 12.4. The van der Waals surface area contributed by atoms with Crippen molar-refractivity contribution in [2.45, 2.75) is 13.0 Å². The van der Waals surface area contributed by atoms with Gasteiger partial charge in [0.2, 0.25) is 11.8 Å². The largest absolute Gasteiger partial charge is 0.497 e. The zero-order chi connectivity index (χ0) is 13.1. The number of nitrogens with zero attached hydrogens (tertiary/aromatic N) is 2. The molecule has 2 rings (SSSR count). The minimum absolute atomic E-state index is 0.173. The van der Waals surface area contributed by atoms with Crippen LogP contribution in [-0.2, 0) is 0 Å². The fourth-order valence-corrected chi connectivity index (χ4v) is 1.45. The van der Waals surface area contributed by atoms with E-state index in [1.807, 2.05) is 0 Å². The van der Waals surface area contributed by atoms with Gasteiger partial charge in [-0.25, -0.2) is 0 Å². The second kappa shape index (κ2) is 5.05. The van der Waals surface area contributed by atoms with E-state index in [9.17, 15) is 5.11 Å². The Morgan fingerprint density at radius 1 is 1.11 bits per heavy atom. The molecule has 0 saturated heterocycles. The molecule has 0 saturated carbocycles. The molecule has 0 aliphatic carbocycles. The van der Waals surface area contributed by atoms with Crippen LogP contribution in [0.3, 0.4) is 0 Å². The molecule has 0 bridgehead atoms. The van der Waals surface area contributed by atoms with Gasteiger partial charge in [-0.3, -0.25) is 0 Å². The van der Waals surface area contributed by atoms with E-state index in [-0.39, 0.29) is 5.89 Å². The summed E-state index contributed by atoms with van der Waals surface area (Å²) >= 11 is 0. The van der Waals surface area contributed by atoms with E-state index in [1.54, 1.807) is 39.3 Å². The van der Waals surface area contributed by atoms with Gasteiger partial charge in [-0.1, -0.05) is 0 Å². The normalized spacial score (nSPS) is 12.2. The number of ether oxygens (including phenoxy) is 2. The Hall–Kier alpha value is -2.08. The van der Waals surface area contributed by atoms with Crippen molar-refractivity contribution >= 4 is 0 Å². The van der Waals surface area contributed by atoms with Crippen LogP contribution in [0.1, 0.15) is 18.9 Å². The van der Waals surface area contributed by atoms with Crippen molar-refractivity contribution in [1.82, 2.24) is 10.2 Å². The molecule has 1 N–H and O–H groups in total. The van der Waals surface area contributed by atoms with Crippen LogP contribution in [0.4, 0.5) is 0 Å². The third kappa shape index (κ3) is 2.43. The average molecular weight is 250 g/mol. The lowest BCUT2D eigenvalue weighted by Crippen LogP contribution is -1.89. The first-order chi connectivity index (χ1) is 8.63. The molecule has 1 heterocycles. The number of hydrogen-bond acceptors (Lipinski definition) is 6. The molecule has 1 atom stereocenters. The lowest BCUT2D eigenvalue weighted by atomic mass is 10.2. The third-order valence-electron chi connectivity index (χ3n) is 2.40. The Labute approximate surface area is 104 Å². The highest BCUT2D eigenvalue weighted by Crippen LogP contribution is 2.29. The summed E-state index contributed by atoms with van der Waals surface area (Å²) in [5, 5.41) is 17.0. The lowest BCUT2D eigenvalue weighted by Gasteiger charge is -2.05. The number of aliphatic hydroxyl groups excluding tert-OH is 1. The van der Waals surface area contributed by atoms with Crippen molar-refractivity contribution in [2.24, 2.45) is 0 Å². The fraction of sp³-hybridized carbons (Fsp3) is 0.333. The molecule has 2 aromatic rings. The van der Waals surface area contributed by atoms with E-state index in [1.165, 1.54) is 0 Å². The van der Waals surface area contributed by atoms with E-state index in [0.29, 0.717) is 23.0 Å². The van der Waals surface area contributed by atoms with Gasteiger partial charge in [-0.2, -0.15) is 0 Å². The van der Waals surface area contributed by atoms with Crippen LogP contribution in [0.2, 0.25) is 0 Å². The van der Waals surface area contributed by atoms with E-state index in [4.69, 9.17) is 13.9 Å². The van der Waals surface area contributed by atoms with Crippen molar-refractivity contribution in [3.63, 3.8) is 0 Å². The molecule has 0 spiro atoms. The number of aromatic nitrogens is 2. The minimum Gasteiger partial charge on any atom is -0.497 e. The molecule has 0 aliphatic heterocycles. The van der Waals surface area contributed by atoms with E-state index >= 15 is 0 Å². The van der Waals surface area contributed by atoms with Crippen LogP contribution in [-0.4, -0.2) is 29.5 Å². The first-order valence-electron chi connectivity index (χ1n) is 5.39. The molecule has 1 unspecified atom stereocenters. The van der Waals surface area contributed by atoms with E-state index in [2.05, 4.69) is 10.2 Å². The summed E-state index contributed by atoms with van der Waals surface area (Å²) in [4.78, 5) is 0. The molecule has 96 valence electrons.